The van der Waals surface area contributed by atoms with Crippen LogP contribution < -0.4 is 10.6 Å². The molecule has 0 atom stereocenters. The number of halogens is 2. The largest absolute Gasteiger partial charge is 0.356 e. The van der Waals surface area contributed by atoms with Crippen molar-refractivity contribution >= 4 is 29.2 Å². The maximum absolute atomic E-state index is 6.10. The summed E-state index contributed by atoms with van der Waals surface area (Å²) in [5, 5.41) is 11.6. The van der Waals surface area contributed by atoms with Crippen molar-refractivity contribution in [3.8, 4) is 11.5 Å². The number of benzene rings is 1. The molecule has 0 saturated carbocycles. The Hall–Kier alpha value is -2.51. The predicted octanol–water partition coefficient (Wildman–Crippen LogP) is 3.85. The molecule has 2 N–H and O–H groups in total. The molecule has 29 heavy (non-hydrogen) atoms. The normalized spacial score (nSPS) is 11.7. The van der Waals surface area contributed by atoms with Crippen LogP contribution in [0.1, 0.15) is 24.0 Å². The Morgan fingerprint density at radius 1 is 1.21 bits per heavy atom. The average Bonchev–Trinajstić information content (AvgIpc) is 3.32. The van der Waals surface area contributed by atoms with E-state index < -0.39 is 0 Å². The molecule has 154 valence electrons. The Kier molecular flexibility index (Phi) is 7.17. The number of aliphatic imine (C=N–C) groups is 1. The summed E-state index contributed by atoms with van der Waals surface area (Å²) in [5.41, 5.74) is 3.10. The van der Waals surface area contributed by atoms with Crippen molar-refractivity contribution in [3.63, 3.8) is 0 Å². The number of aromatic nitrogens is 3. The zero-order valence-corrected chi connectivity index (χ0v) is 18.2. The average molecular weight is 435 g/mol. The third-order valence-corrected chi connectivity index (χ3v) is 5.41. The van der Waals surface area contributed by atoms with Gasteiger partial charge in [0.25, 0.3) is 5.89 Å². The number of rotatable bonds is 7. The lowest BCUT2D eigenvalue weighted by Gasteiger charge is -2.12. The van der Waals surface area contributed by atoms with Crippen LogP contribution in [0.4, 0.5) is 0 Å². The first-order valence-corrected chi connectivity index (χ1v) is 10.1. The summed E-state index contributed by atoms with van der Waals surface area (Å²) in [6.07, 6.45) is 1.61. The first-order chi connectivity index (χ1) is 14.0. The van der Waals surface area contributed by atoms with Gasteiger partial charge in [-0.3, -0.25) is 4.99 Å². The summed E-state index contributed by atoms with van der Waals surface area (Å²) in [6, 6.07) is 9.98. The number of hydrogen-bond donors (Lipinski definition) is 2. The highest BCUT2D eigenvalue weighted by atomic mass is 35.5. The zero-order valence-electron chi connectivity index (χ0n) is 16.7. The van der Waals surface area contributed by atoms with Crippen molar-refractivity contribution in [3.05, 3.63) is 57.6 Å². The minimum atomic E-state index is 0.529. The second-order valence-corrected chi connectivity index (χ2v) is 7.27. The van der Waals surface area contributed by atoms with Crippen LogP contribution in [0.25, 0.3) is 11.5 Å². The van der Waals surface area contributed by atoms with E-state index in [1.807, 2.05) is 36.7 Å². The van der Waals surface area contributed by atoms with Gasteiger partial charge in [-0.05, 0) is 30.2 Å². The molecule has 1 aromatic carbocycles. The van der Waals surface area contributed by atoms with Gasteiger partial charge in [0.1, 0.15) is 5.15 Å². The highest BCUT2D eigenvalue weighted by molar-refractivity contribution is 6.41. The Labute approximate surface area is 180 Å². The van der Waals surface area contributed by atoms with Gasteiger partial charge in [-0.2, -0.15) is 4.98 Å². The van der Waals surface area contributed by atoms with Crippen molar-refractivity contribution in [1.29, 1.82) is 0 Å². The molecule has 7 nitrogen and oxygen atoms in total. The summed E-state index contributed by atoms with van der Waals surface area (Å²) < 4.78 is 7.12. The molecule has 0 aliphatic heterocycles. The molecule has 0 bridgehead atoms. The molecule has 0 saturated heterocycles. The number of guanidine groups is 1. The second-order valence-electron chi connectivity index (χ2n) is 6.50. The molecule has 0 unspecified atom stereocenters. The first-order valence-electron chi connectivity index (χ1n) is 9.37. The van der Waals surface area contributed by atoms with Gasteiger partial charge in [-0.1, -0.05) is 47.4 Å². The highest BCUT2D eigenvalue weighted by Gasteiger charge is 2.10. The van der Waals surface area contributed by atoms with Gasteiger partial charge in [-0.15, -0.1) is 0 Å². The third kappa shape index (κ3) is 5.31. The van der Waals surface area contributed by atoms with E-state index in [0.717, 1.165) is 30.6 Å². The molecule has 2 aromatic heterocycles. The van der Waals surface area contributed by atoms with Gasteiger partial charge in [0.2, 0.25) is 0 Å². The molecule has 2 heterocycles. The summed E-state index contributed by atoms with van der Waals surface area (Å²) >= 11 is 12.2. The zero-order chi connectivity index (χ0) is 20.8. The van der Waals surface area contributed by atoms with Crippen LogP contribution in [-0.2, 0) is 26.4 Å². The minimum absolute atomic E-state index is 0.529. The lowest BCUT2D eigenvalue weighted by Crippen LogP contribution is -2.38. The Bertz CT molecular complexity index is 978. The van der Waals surface area contributed by atoms with Gasteiger partial charge in [-0.25, -0.2) is 0 Å². The number of hydrogen-bond acceptors (Lipinski definition) is 4. The van der Waals surface area contributed by atoms with Gasteiger partial charge >= 0.3 is 0 Å². The monoisotopic (exact) mass is 434 g/mol. The van der Waals surface area contributed by atoms with E-state index in [2.05, 4.69) is 37.9 Å². The van der Waals surface area contributed by atoms with E-state index in [1.54, 1.807) is 7.05 Å². The van der Waals surface area contributed by atoms with Crippen LogP contribution in [-0.4, -0.2) is 34.3 Å². The lowest BCUT2D eigenvalue weighted by atomic mass is 10.1. The molecule has 0 spiro atoms. The van der Waals surface area contributed by atoms with Gasteiger partial charge in [0.05, 0.1) is 11.6 Å². The topological polar surface area (TPSA) is 80.3 Å². The number of nitrogens with one attached hydrogen (secondary N) is 2. The molecule has 0 fully saturated rings. The smallest absolute Gasteiger partial charge is 0.257 e. The fourth-order valence-corrected chi connectivity index (χ4v) is 3.22. The quantitative estimate of drug-likeness (QED) is 0.435. The molecule has 3 aromatic rings. The Balaban J connectivity index is 1.48. The second kappa shape index (κ2) is 9.80. The van der Waals surface area contributed by atoms with E-state index in [9.17, 15) is 0 Å². The van der Waals surface area contributed by atoms with Crippen LogP contribution in [0, 0.1) is 0 Å². The van der Waals surface area contributed by atoms with E-state index in [4.69, 9.17) is 27.7 Å². The predicted molar refractivity (Wildman–Crippen MR) is 116 cm³/mol. The third-order valence-electron chi connectivity index (χ3n) is 4.57. The molecular formula is C20H24Cl2N6O. The molecular weight excluding hydrogens is 411 g/mol. The molecule has 0 aliphatic rings. The maximum Gasteiger partial charge on any atom is 0.257 e. The standard InChI is InChI=1S/C20H24Cl2N6O/c1-4-17-26-19(29-27-17)14-7-5-13(6-8-14)9-10-24-20(23-2)25-12-15-11-16(21)18(22)28(15)3/h5-8,11H,4,9-10,12H2,1-3H3,(H2,23,24,25). The van der Waals surface area contributed by atoms with Crippen molar-refractivity contribution in [2.75, 3.05) is 13.6 Å². The van der Waals surface area contributed by atoms with Crippen molar-refractivity contribution < 1.29 is 4.52 Å². The Morgan fingerprint density at radius 3 is 2.55 bits per heavy atom. The highest BCUT2D eigenvalue weighted by Crippen LogP contribution is 2.24. The molecule has 0 aliphatic carbocycles. The van der Waals surface area contributed by atoms with Crippen molar-refractivity contribution in [2.45, 2.75) is 26.3 Å². The Morgan fingerprint density at radius 2 is 1.97 bits per heavy atom. The first kappa shape index (κ1) is 21.2. The van der Waals surface area contributed by atoms with Crippen molar-refractivity contribution in [2.24, 2.45) is 12.0 Å². The number of nitrogens with zero attached hydrogens (tertiary/aromatic N) is 4. The minimum Gasteiger partial charge on any atom is -0.356 e. The van der Waals surface area contributed by atoms with Gasteiger partial charge < -0.3 is 19.7 Å². The van der Waals surface area contributed by atoms with Crippen LogP contribution in [0.5, 0.6) is 0 Å². The fourth-order valence-electron chi connectivity index (χ4n) is 2.81. The SMILES string of the molecule is CCc1noc(-c2ccc(CCNC(=NC)NCc3cc(Cl)c(Cl)n3C)cc2)n1. The summed E-state index contributed by atoms with van der Waals surface area (Å²) in [4.78, 5) is 8.60. The van der Waals surface area contributed by atoms with Crippen molar-refractivity contribution in [1.82, 2.24) is 25.3 Å². The van der Waals surface area contributed by atoms with Crippen LogP contribution in [0.15, 0.2) is 39.8 Å². The fraction of sp³-hybridized carbons (Fsp3) is 0.350. The van der Waals surface area contributed by atoms with Gasteiger partial charge in [0.15, 0.2) is 11.8 Å². The van der Waals surface area contributed by atoms with Crippen LogP contribution >= 0.6 is 23.2 Å². The summed E-state index contributed by atoms with van der Waals surface area (Å²) in [5.74, 6) is 1.98. The molecule has 0 amide bonds. The van der Waals surface area contributed by atoms with Gasteiger partial charge in [0, 0.05) is 38.3 Å². The van der Waals surface area contributed by atoms with Crippen LogP contribution in [0.3, 0.4) is 0 Å². The summed E-state index contributed by atoms with van der Waals surface area (Å²) in [6.45, 7) is 3.31. The molecule has 3 rings (SSSR count). The molecule has 9 heteroatoms. The summed E-state index contributed by atoms with van der Waals surface area (Å²) in [7, 11) is 3.62. The maximum atomic E-state index is 6.10. The lowest BCUT2D eigenvalue weighted by molar-refractivity contribution is 0.423. The van der Waals surface area contributed by atoms with Crippen LogP contribution in [0.2, 0.25) is 10.2 Å². The molecule has 0 radical (unpaired) electrons. The van der Waals surface area contributed by atoms with E-state index in [-0.39, 0.29) is 0 Å². The van der Waals surface area contributed by atoms with E-state index in [1.165, 1.54) is 5.56 Å². The number of aryl methyl sites for hydroxylation is 1. The van der Waals surface area contributed by atoms with E-state index in [0.29, 0.717) is 34.4 Å². The van der Waals surface area contributed by atoms with E-state index >= 15 is 0 Å².